The van der Waals surface area contributed by atoms with Crippen molar-refractivity contribution in [2.24, 2.45) is 0 Å². The lowest BCUT2D eigenvalue weighted by atomic mass is 10.2. The Labute approximate surface area is 198 Å². The highest BCUT2D eigenvalue weighted by atomic mass is 79.9. The molecule has 2 aliphatic heterocycles. The third-order valence-corrected chi connectivity index (χ3v) is 6.13. The molecule has 0 radical (unpaired) electrons. The minimum absolute atomic E-state index is 0.0947. The summed E-state index contributed by atoms with van der Waals surface area (Å²) in [5, 5.41) is 10.9. The first-order valence-corrected chi connectivity index (χ1v) is 11.2. The molecule has 2 aromatic rings. The number of nitrogens with zero attached hydrogens (tertiary/aromatic N) is 3. The number of rotatable bonds is 3. The summed E-state index contributed by atoms with van der Waals surface area (Å²) in [7, 11) is 0. The van der Waals surface area contributed by atoms with Gasteiger partial charge in [0, 0.05) is 40.9 Å². The zero-order valence-corrected chi connectivity index (χ0v) is 19.9. The molecule has 0 aliphatic carbocycles. The van der Waals surface area contributed by atoms with Gasteiger partial charge in [0.1, 0.15) is 5.69 Å². The number of hydrogen-bond donors (Lipinski definition) is 1. The van der Waals surface area contributed by atoms with Crippen LogP contribution >= 0.6 is 31.9 Å². The largest absolute Gasteiger partial charge is 0.397 e. The van der Waals surface area contributed by atoms with Crippen molar-refractivity contribution in [3.8, 4) is 0 Å². The number of nitrogens with two attached hydrogens (primary N) is 1. The van der Waals surface area contributed by atoms with Gasteiger partial charge in [-0.1, -0.05) is 31.9 Å². The average Bonchev–Trinajstić information content (AvgIpc) is 3.23. The number of benzene rings is 2. The topological polar surface area (TPSA) is 75.6 Å². The SMILES string of the molecule is Nc1cc(Br)ccc1N1CCC(F)(F)C1.O=[N+]([O-])c1cc(Br)ccc1N1CCC(F)(F)C1. The Hall–Kier alpha value is -2.08. The van der Waals surface area contributed by atoms with Gasteiger partial charge < -0.3 is 15.5 Å². The van der Waals surface area contributed by atoms with E-state index < -0.39 is 23.3 Å². The highest BCUT2D eigenvalue weighted by Crippen LogP contribution is 2.37. The normalized spacial score (nSPS) is 18.9. The van der Waals surface area contributed by atoms with E-state index in [0.717, 1.165) is 4.47 Å². The molecule has 32 heavy (non-hydrogen) atoms. The summed E-state index contributed by atoms with van der Waals surface area (Å²) in [6.45, 7) is -0.206. The van der Waals surface area contributed by atoms with E-state index in [4.69, 9.17) is 5.73 Å². The molecule has 0 atom stereocenters. The van der Waals surface area contributed by atoms with E-state index in [-0.39, 0.29) is 37.3 Å². The van der Waals surface area contributed by atoms with E-state index in [1.165, 1.54) is 17.0 Å². The van der Waals surface area contributed by atoms with Gasteiger partial charge in [0.2, 0.25) is 0 Å². The van der Waals surface area contributed by atoms with Crippen LogP contribution in [0, 0.1) is 10.1 Å². The first kappa shape index (κ1) is 24.6. The van der Waals surface area contributed by atoms with Gasteiger partial charge in [-0.05, 0) is 30.3 Å². The van der Waals surface area contributed by atoms with Crippen molar-refractivity contribution in [2.45, 2.75) is 24.7 Å². The maximum Gasteiger partial charge on any atom is 0.293 e. The maximum absolute atomic E-state index is 13.1. The number of nitrogen functional groups attached to an aromatic ring is 1. The number of nitro benzene ring substituents is 1. The Bertz CT molecular complexity index is 1010. The van der Waals surface area contributed by atoms with Gasteiger partial charge in [-0.3, -0.25) is 10.1 Å². The van der Waals surface area contributed by atoms with E-state index in [0.29, 0.717) is 22.4 Å². The highest BCUT2D eigenvalue weighted by Gasteiger charge is 2.40. The molecule has 0 spiro atoms. The molecule has 0 amide bonds. The highest BCUT2D eigenvalue weighted by molar-refractivity contribution is 9.10. The summed E-state index contributed by atoms with van der Waals surface area (Å²) in [6, 6.07) is 9.73. The second-order valence-corrected chi connectivity index (χ2v) is 9.48. The Morgan fingerprint density at radius 3 is 1.78 bits per heavy atom. The molecule has 174 valence electrons. The maximum atomic E-state index is 13.1. The molecule has 6 nitrogen and oxygen atoms in total. The number of hydrogen-bond acceptors (Lipinski definition) is 5. The number of halogens is 6. The lowest BCUT2D eigenvalue weighted by Gasteiger charge is -2.20. The first-order valence-electron chi connectivity index (χ1n) is 9.61. The van der Waals surface area contributed by atoms with Gasteiger partial charge >= 0.3 is 0 Å². The van der Waals surface area contributed by atoms with Gasteiger partial charge in [0.25, 0.3) is 17.5 Å². The van der Waals surface area contributed by atoms with E-state index in [1.54, 1.807) is 23.1 Å². The molecule has 2 aliphatic rings. The molecule has 12 heteroatoms. The van der Waals surface area contributed by atoms with Crippen molar-refractivity contribution in [1.29, 1.82) is 0 Å². The molecule has 2 saturated heterocycles. The van der Waals surface area contributed by atoms with Crippen LogP contribution in [-0.4, -0.2) is 42.9 Å². The molecule has 2 N–H and O–H groups in total. The summed E-state index contributed by atoms with van der Waals surface area (Å²) in [5.74, 6) is -5.35. The van der Waals surface area contributed by atoms with E-state index >= 15 is 0 Å². The minimum atomic E-state index is -2.76. The Balaban J connectivity index is 0.000000182. The Morgan fingerprint density at radius 1 is 0.875 bits per heavy atom. The van der Waals surface area contributed by atoms with Crippen molar-refractivity contribution >= 4 is 54.6 Å². The van der Waals surface area contributed by atoms with Crippen LogP contribution in [0.3, 0.4) is 0 Å². The second-order valence-electron chi connectivity index (χ2n) is 7.65. The van der Waals surface area contributed by atoms with Crippen LogP contribution in [0.5, 0.6) is 0 Å². The minimum Gasteiger partial charge on any atom is -0.397 e. The van der Waals surface area contributed by atoms with Crippen molar-refractivity contribution in [1.82, 2.24) is 0 Å². The smallest absolute Gasteiger partial charge is 0.293 e. The van der Waals surface area contributed by atoms with Crippen LogP contribution in [0.15, 0.2) is 45.3 Å². The fourth-order valence-electron chi connectivity index (χ4n) is 3.61. The molecular formula is C20H20Br2F4N4O2. The molecule has 2 aromatic carbocycles. The fraction of sp³-hybridized carbons (Fsp3) is 0.400. The van der Waals surface area contributed by atoms with Crippen molar-refractivity contribution < 1.29 is 22.5 Å². The Morgan fingerprint density at radius 2 is 1.34 bits per heavy atom. The number of anilines is 3. The molecule has 2 fully saturated rings. The molecule has 0 unspecified atom stereocenters. The molecule has 4 rings (SSSR count). The summed E-state index contributed by atoms with van der Waals surface area (Å²) >= 11 is 6.41. The zero-order chi connectivity index (χ0) is 23.7. The standard InChI is InChI=1S/C10H9BrF2N2O2.C10H11BrF2N2/c11-7-1-2-8(9(5-7)15(16)17)14-4-3-10(12,13)6-14;11-7-1-2-9(8(14)5-7)15-4-3-10(12,13)6-15/h1-2,5H,3-4,6H2;1-2,5H,3-4,6,14H2. The monoisotopic (exact) mass is 582 g/mol. The van der Waals surface area contributed by atoms with Crippen LogP contribution < -0.4 is 15.5 Å². The molecule has 0 saturated carbocycles. The molecule has 0 bridgehead atoms. The van der Waals surface area contributed by atoms with Crippen LogP contribution in [0.2, 0.25) is 0 Å². The van der Waals surface area contributed by atoms with Crippen molar-refractivity contribution in [3.05, 3.63) is 55.5 Å². The second kappa shape index (κ2) is 9.42. The lowest BCUT2D eigenvalue weighted by Crippen LogP contribution is -2.25. The third kappa shape index (κ3) is 6.03. The first-order chi connectivity index (χ1) is 14.9. The van der Waals surface area contributed by atoms with Crippen molar-refractivity contribution in [3.63, 3.8) is 0 Å². The number of alkyl halides is 4. The number of nitro groups is 1. The van der Waals surface area contributed by atoms with Crippen LogP contribution in [0.4, 0.5) is 40.3 Å². The lowest BCUT2D eigenvalue weighted by molar-refractivity contribution is -0.384. The van der Waals surface area contributed by atoms with Gasteiger partial charge in [0.05, 0.1) is 29.4 Å². The zero-order valence-electron chi connectivity index (χ0n) is 16.7. The summed E-state index contributed by atoms with van der Waals surface area (Å²) in [6.07, 6.45) is -0.358. The fourth-order valence-corrected chi connectivity index (χ4v) is 4.33. The van der Waals surface area contributed by atoms with Gasteiger partial charge in [0.15, 0.2) is 0 Å². The van der Waals surface area contributed by atoms with E-state index in [9.17, 15) is 27.7 Å². The predicted octanol–water partition coefficient (Wildman–Crippen LogP) is 6.08. The molecule has 0 aromatic heterocycles. The van der Waals surface area contributed by atoms with Crippen LogP contribution in [0.25, 0.3) is 0 Å². The van der Waals surface area contributed by atoms with E-state index in [2.05, 4.69) is 31.9 Å². The van der Waals surface area contributed by atoms with Gasteiger partial charge in [-0.25, -0.2) is 17.6 Å². The van der Waals surface area contributed by atoms with E-state index in [1.807, 2.05) is 6.07 Å². The third-order valence-electron chi connectivity index (χ3n) is 5.14. The quantitative estimate of drug-likeness (QED) is 0.205. The Kier molecular flexibility index (Phi) is 7.23. The molecular weight excluding hydrogens is 564 g/mol. The van der Waals surface area contributed by atoms with Gasteiger partial charge in [-0.2, -0.15) is 0 Å². The summed E-state index contributed by atoms with van der Waals surface area (Å²) in [4.78, 5) is 13.3. The summed E-state index contributed by atoms with van der Waals surface area (Å²) < 4.78 is 53.6. The predicted molar refractivity (Wildman–Crippen MR) is 123 cm³/mol. The average molecular weight is 584 g/mol. The molecule has 2 heterocycles. The van der Waals surface area contributed by atoms with Crippen LogP contribution in [-0.2, 0) is 0 Å². The van der Waals surface area contributed by atoms with Gasteiger partial charge in [-0.15, -0.1) is 0 Å². The summed E-state index contributed by atoms with van der Waals surface area (Å²) in [5.41, 5.74) is 7.08. The van der Waals surface area contributed by atoms with Crippen LogP contribution in [0.1, 0.15) is 12.8 Å². The van der Waals surface area contributed by atoms with Crippen molar-refractivity contribution in [2.75, 3.05) is 41.7 Å².